The van der Waals surface area contributed by atoms with Crippen molar-refractivity contribution in [3.63, 3.8) is 0 Å². The highest BCUT2D eigenvalue weighted by molar-refractivity contribution is 5.95. The molecule has 0 aliphatic carbocycles. The van der Waals surface area contributed by atoms with E-state index in [1.807, 2.05) is 0 Å². The number of nitrogens with one attached hydrogen (secondary N) is 1. The topological polar surface area (TPSA) is 105 Å². The molecule has 8 nitrogen and oxygen atoms in total. The van der Waals surface area contributed by atoms with Crippen LogP contribution in [-0.2, 0) is 4.74 Å². The molecule has 0 radical (unpaired) electrons. The third kappa shape index (κ3) is 3.89. The fourth-order valence-corrected chi connectivity index (χ4v) is 2.23. The average Bonchev–Trinajstić information content (AvgIpc) is 2.47. The lowest BCUT2D eigenvalue weighted by atomic mass is 10.1. The number of morpholine rings is 1. The maximum absolute atomic E-state index is 11.1. The van der Waals surface area contributed by atoms with Crippen molar-refractivity contribution in [3.05, 3.63) is 33.9 Å². The second-order valence-corrected chi connectivity index (χ2v) is 4.64. The molecule has 0 unspecified atom stereocenters. The Labute approximate surface area is 121 Å². The number of para-hydroxylation sites is 1. The Hall–Kier alpha value is -2.19. The van der Waals surface area contributed by atoms with E-state index in [1.165, 1.54) is 18.2 Å². The van der Waals surface area contributed by atoms with E-state index in [0.29, 0.717) is 19.8 Å². The third-order valence-electron chi connectivity index (χ3n) is 3.30. The zero-order chi connectivity index (χ0) is 15.2. The number of nitro groups is 1. The van der Waals surface area contributed by atoms with Gasteiger partial charge < -0.3 is 15.2 Å². The van der Waals surface area contributed by atoms with Gasteiger partial charge >= 0.3 is 11.7 Å². The number of carboxylic acid groups (broad SMARTS) is 1. The lowest BCUT2D eigenvalue weighted by Gasteiger charge is -2.26. The summed E-state index contributed by atoms with van der Waals surface area (Å²) in [5.74, 6) is -1.31. The van der Waals surface area contributed by atoms with E-state index in [4.69, 9.17) is 9.84 Å². The molecule has 0 spiro atoms. The van der Waals surface area contributed by atoms with Crippen molar-refractivity contribution in [2.45, 2.75) is 0 Å². The molecule has 0 atom stereocenters. The van der Waals surface area contributed by atoms with Crippen molar-refractivity contribution >= 4 is 17.3 Å². The van der Waals surface area contributed by atoms with E-state index >= 15 is 0 Å². The Balaban J connectivity index is 2.03. The van der Waals surface area contributed by atoms with Crippen molar-refractivity contribution in [2.24, 2.45) is 0 Å². The summed E-state index contributed by atoms with van der Waals surface area (Å²) in [5.41, 5.74) is -0.475. The summed E-state index contributed by atoms with van der Waals surface area (Å²) >= 11 is 0. The van der Waals surface area contributed by atoms with Gasteiger partial charge in [-0.3, -0.25) is 15.0 Å². The van der Waals surface area contributed by atoms with Crippen LogP contribution in [0.25, 0.3) is 0 Å². The summed E-state index contributed by atoms with van der Waals surface area (Å²) in [7, 11) is 0. The summed E-state index contributed by atoms with van der Waals surface area (Å²) in [4.78, 5) is 23.7. The second kappa shape index (κ2) is 7.00. The maximum atomic E-state index is 11.1. The molecule has 114 valence electrons. The van der Waals surface area contributed by atoms with E-state index in [9.17, 15) is 14.9 Å². The van der Waals surface area contributed by atoms with Gasteiger partial charge in [-0.2, -0.15) is 0 Å². The molecule has 0 bridgehead atoms. The number of anilines is 1. The molecule has 1 saturated heterocycles. The fraction of sp³-hybridized carbons (Fsp3) is 0.462. The van der Waals surface area contributed by atoms with Crippen LogP contribution in [0.15, 0.2) is 18.2 Å². The summed E-state index contributed by atoms with van der Waals surface area (Å²) in [6.07, 6.45) is 0. The number of nitro benzene ring substituents is 1. The predicted molar refractivity (Wildman–Crippen MR) is 75.8 cm³/mol. The van der Waals surface area contributed by atoms with Gasteiger partial charge in [0.25, 0.3) is 0 Å². The van der Waals surface area contributed by atoms with Crippen LogP contribution in [0.2, 0.25) is 0 Å². The predicted octanol–water partition coefficient (Wildman–Crippen LogP) is 1.04. The smallest absolute Gasteiger partial charge is 0.342 e. The van der Waals surface area contributed by atoms with Crippen LogP contribution in [0, 0.1) is 10.1 Å². The van der Waals surface area contributed by atoms with Crippen LogP contribution in [0.3, 0.4) is 0 Å². The average molecular weight is 295 g/mol. The number of rotatable bonds is 6. The van der Waals surface area contributed by atoms with Gasteiger partial charge in [-0.05, 0) is 12.1 Å². The van der Waals surface area contributed by atoms with E-state index in [2.05, 4.69) is 10.2 Å². The van der Waals surface area contributed by atoms with Crippen molar-refractivity contribution in [2.75, 3.05) is 44.7 Å². The second-order valence-electron chi connectivity index (χ2n) is 4.64. The molecule has 1 heterocycles. The van der Waals surface area contributed by atoms with Crippen molar-refractivity contribution in [3.8, 4) is 0 Å². The highest BCUT2D eigenvalue weighted by atomic mass is 16.6. The Morgan fingerprint density at radius 1 is 1.43 bits per heavy atom. The number of hydrogen-bond acceptors (Lipinski definition) is 6. The molecule has 21 heavy (non-hydrogen) atoms. The Morgan fingerprint density at radius 3 is 2.76 bits per heavy atom. The van der Waals surface area contributed by atoms with Crippen molar-refractivity contribution < 1.29 is 19.6 Å². The van der Waals surface area contributed by atoms with Gasteiger partial charge in [0, 0.05) is 26.2 Å². The minimum atomic E-state index is -1.31. The highest BCUT2D eigenvalue weighted by Crippen LogP contribution is 2.28. The molecule has 0 saturated carbocycles. The molecule has 1 aromatic rings. The normalized spacial score (nSPS) is 15.6. The molecular weight excluding hydrogens is 278 g/mol. The number of hydrogen-bond donors (Lipinski definition) is 2. The Bertz CT molecular complexity index is 529. The van der Waals surface area contributed by atoms with Gasteiger partial charge in [-0.15, -0.1) is 0 Å². The Morgan fingerprint density at radius 2 is 2.14 bits per heavy atom. The zero-order valence-corrected chi connectivity index (χ0v) is 11.4. The number of aromatic carboxylic acids is 1. The van der Waals surface area contributed by atoms with Gasteiger partial charge in [0.05, 0.1) is 18.1 Å². The molecule has 8 heteroatoms. The minimum Gasteiger partial charge on any atom is -0.477 e. The van der Waals surface area contributed by atoms with Crippen LogP contribution < -0.4 is 5.32 Å². The minimum absolute atomic E-state index is 0.230. The van der Waals surface area contributed by atoms with Gasteiger partial charge in [-0.1, -0.05) is 6.07 Å². The first kappa shape index (κ1) is 15.2. The monoisotopic (exact) mass is 295 g/mol. The van der Waals surface area contributed by atoms with Crippen molar-refractivity contribution in [1.82, 2.24) is 4.90 Å². The number of benzene rings is 1. The summed E-state index contributed by atoms with van der Waals surface area (Å²) in [6.45, 7) is 4.27. The molecule has 1 fully saturated rings. The molecule has 1 aromatic carbocycles. The molecule has 0 aromatic heterocycles. The number of carboxylic acids is 1. The van der Waals surface area contributed by atoms with E-state index < -0.39 is 16.6 Å². The van der Waals surface area contributed by atoms with E-state index in [1.54, 1.807) is 0 Å². The summed E-state index contributed by atoms with van der Waals surface area (Å²) in [5, 5.41) is 23.1. The van der Waals surface area contributed by atoms with Crippen LogP contribution in [0.1, 0.15) is 10.4 Å². The van der Waals surface area contributed by atoms with Gasteiger partial charge in [0.2, 0.25) is 0 Å². The van der Waals surface area contributed by atoms with E-state index in [-0.39, 0.29) is 11.3 Å². The highest BCUT2D eigenvalue weighted by Gasteiger charge is 2.24. The van der Waals surface area contributed by atoms with Crippen molar-refractivity contribution in [1.29, 1.82) is 0 Å². The van der Waals surface area contributed by atoms with Gasteiger partial charge in [0.15, 0.2) is 0 Å². The van der Waals surface area contributed by atoms with Crippen LogP contribution in [-0.4, -0.2) is 60.3 Å². The fourth-order valence-electron chi connectivity index (χ4n) is 2.23. The molecule has 0 amide bonds. The summed E-state index contributed by atoms with van der Waals surface area (Å²) in [6, 6.07) is 4.24. The van der Waals surface area contributed by atoms with Crippen LogP contribution in [0.4, 0.5) is 11.4 Å². The van der Waals surface area contributed by atoms with Crippen LogP contribution >= 0.6 is 0 Å². The summed E-state index contributed by atoms with van der Waals surface area (Å²) < 4.78 is 5.24. The molecular formula is C13H17N3O5. The molecule has 2 rings (SSSR count). The van der Waals surface area contributed by atoms with Gasteiger partial charge in [0.1, 0.15) is 11.3 Å². The van der Waals surface area contributed by atoms with E-state index in [0.717, 1.165) is 19.6 Å². The molecule has 1 aliphatic rings. The first-order valence-electron chi connectivity index (χ1n) is 6.64. The quantitative estimate of drug-likeness (QED) is 0.596. The molecule has 1 aliphatic heterocycles. The Kier molecular flexibility index (Phi) is 5.07. The lowest BCUT2D eigenvalue weighted by Crippen LogP contribution is -2.39. The maximum Gasteiger partial charge on any atom is 0.342 e. The molecule has 2 N–H and O–H groups in total. The lowest BCUT2D eigenvalue weighted by molar-refractivity contribution is -0.384. The largest absolute Gasteiger partial charge is 0.477 e. The standard InChI is InChI=1S/C13H17N3O5/c17-13(18)10-2-1-3-11(12(10)16(19)20)14-4-5-15-6-8-21-9-7-15/h1-3,14H,4-9H2,(H,17,18). The first-order valence-corrected chi connectivity index (χ1v) is 6.64. The number of nitrogens with zero attached hydrogens (tertiary/aromatic N) is 2. The third-order valence-corrected chi connectivity index (χ3v) is 3.30. The number of ether oxygens (including phenoxy) is 1. The first-order chi connectivity index (χ1) is 10.1. The van der Waals surface area contributed by atoms with Gasteiger partial charge in [-0.25, -0.2) is 4.79 Å². The number of carbonyl (C=O) groups is 1. The van der Waals surface area contributed by atoms with Crippen LogP contribution in [0.5, 0.6) is 0 Å². The zero-order valence-electron chi connectivity index (χ0n) is 11.4. The SMILES string of the molecule is O=C(O)c1cccc(NCCN2CCOCC2)c1[N+](=O)[O-].